The van der Waals surface area contributed by atoms with Gasteiger partial charge in [-0.1, -0.05) is 13.0 Å². The van der Waals surface area contributed by atoms with Crippen LogP contribution in [-0.2, 0) is 6.54 Å². The molecule has 21 heavy (non-hydrogen) atoms. The molecule has 0 aromatic carbocycles. The Balaban J connectivity index is 0.00000400. The van der Waals surface area contributed by atoms with Crippen molar-refractivity contribution in [2.75, 3.05) is 19.6 Å². The molecule has 0 bridgehead atoms. The first-order chi connectivity index (χ1) is 9.56. The maximum Gasteiger partial charge on any atom is 0.191 e. The van der Waals surface area contributed by atoms with Crippen molar-refractivity contribution in [3.63, 3.8) is 0 Å². The molecule has 0 aliphatic rings. The Hall–Kier alpha value is -1.05. The van der Waals surface area contributed by atoms with Gasteiger partial charge in [0, 0.05) is 31.9 Å². The molecule has 1 rings (SSSR count). The molecule has 1 atom stereocenters. The van der Waals surface area contributed by atoms with E-state index in [-0.39, 0.29) is 24.0 Å². The Morgan fingerprint density at radius 3 is 2.71 bits per heavy atom. The zero-order valence-electron chi connectivity index (χ0n) is 13.5. The Bertz CT molecular complexity index is 453. The summed E-state index contributed by atoms with van der Waals surface area (Å²) in [4.78, 5) is 4.59. The molecule has 1 unspecified atom stereocenters. The molecule has 0 saturated carbocycles. The van der Waals surface area contributed by atoms with E-state index in [9.17, 15) is 0 Å². The molecule has 0 fully saturated rings. The first-order valence-corrected chi connectivity index (χ1v) is 7.21. The van der Waals surface area contributed by atoms with Crippen LogP contribution in [0.5, 0.6) is 0 Å². The van der Waals surface area contributed by atoms with Crippen molar-refractivity contribution in [1.82, 2.24) is 20.4 Å². The van der Waals surface area contributed by atoms with Gasteiger partial charge in [0.2, 0.25) is 0 Å². The summed E-state index contributed by atoms with van der Waals surface area (Å²) in [6.07, 6.45) is 1.83. The van der Waals surface area contributed by atoms with Gasteiger partial charge in [-0.2, -0.15) is 5.10 Å². The van der Waals surface area contributed by atoms with Gasteiger partial charge >= 0.3 is 0 Å². The highest BCUT2D eigenvalue weighted by molar-refractivity contribution is 14.0. The van der Waals surface area contributed by atoms with Crippen LogP contribution in [0, 0.1) is 19.8 Å². The molecule has 5 nitrogen and oxygen atoms in total. The van der Waals surface area contributed by atoms with Gasteiger partial charge in [0.05, 0.1) is 5.69 Å². The van der Waals surface area contributed by atoms with E-state index in [4.69, 9.17) is 0 Å². The SMILES string of the molecule is C=CCNC(=NCC(C)Cn1nc(C)cc1C)NCC.I. The summed E-state index contributed by atoms with van der Waals surface area (Å²) < 4.78 is 2.06. The molecule has 0 saturated heterocycles. The summed E-state index contributed by atoms with van der Waals surface area (Å²) in [6, 6.07) is 2.10. The Kier molecular flexibility index (Phi) is 10.1. The van der Waals surface area contributed by atoms with Gasteiger partial charge in [-0.15, -0.1) is 30.6 Å². The fourth-order valence-corrected chi connectivity index (χ4v) is 1.97. The van der Waals surface area contributed by atoms with Gasteiger partial charge in [-0.25, -0.2) is 0 Å². The average Bonchev–Trinajstić information content (AvgIpc) is 2.71. The molecule has 2 N–H and O–H groups in total. The molecule has 0 aliphatic heterocycles. The van der Waals surface area contributed by atoms with Crippen LogP contribution in [0.4, 0.5) is 0 Å². The molecular formula is C15H28IN5. The van der Waals surface area contributed by atoms with Gasteiger partial charge in [0.25, 0.3) is 0 Å². The minimum absolute atomic E-state index is 0. The summed E-state index contributed by atoms with van der Waals surface area (Å²) in [5, 5.41) is 10.9. The Labute approximate surface area is 145 Å². The third-order valence-electron chi connectivity index (χ3n) is 2.91. The highest BCUT2D eigenvalue weighted by Gasteiger charge is 2.07. The molecule has 0 spiro atoms. The maximum atomic E-state index is 4.59. The van der Waals surface area contributed by atoms with E-state index in [1.165, 1.54) is 5.69 Å². The topological polar surface area (TPSA) is 54.2 Å². The van der Waals surface area contributed by atoms with Crippen LogP contribution in [0.1, 0.15) is 25.2 Å². The van der Waals surface area contributed by atoms with E-state index in [1.807, 2.05) is 13.0 Å². The summed E-state index contributed by atoms with van der Waals surface area (Å²) >= 11 is 0. The monoisotopic (exact) mass is 405 g/mol. The third kappa shape index (κ3) is 7.50. The van der Waals surface area contributed by atoms with Crippen LogP contribution < -0.4 is 10.6 Å². The third-order valence-corrected chi connectivity index (χ3v) is 2.91. The lowest BCUT2D eigenvalue weighted by Crippen LogP contribution is -2.37. The van der Waals surface area contributed by atoms with Crippen LogP contribution in [0.2, 0.25) is 0 Å². The summed E-state index contributed by atoms with van der Waals surface area (Å²) in [7, 11) is 0. The van der Waals surface area contributed by atoms with Crippen LogP contribution in [0.15, 0.2) is 23.7 Å². The Morgan fingerprint density at radius 2 is 2.19 bits per heavy atom. The number of nitrogens with one attached hydrogen (secondary N) is 2. The molecule has 1 aromatic rings. The maximum absolute atomic E-state index is 4.59. The number of rotatable bonds is 7. The Morgan fingerprint density at radius 1 is 1.48 bits per heavy atom. The lowest BCUT2D eigenvalue weighted by atomic mass is 10.2. The van der Waals surface area contributed by atoms with Crippen molar-refractivity contribution in [3.8, 4) is 0 Å². The zero-order chi connectivity index (χ0) is 15.0. The van der Waals surface area contributed by atoms with Crippen molar-refractivity contribution >= 4 is 29.9 Å². The lowest BCUT2D eigenvalue weighted by molar-refractivity contribution is 0.450. The van der Waals surface area contributed by atoms with E-state index in [0.717, 1.165) is 37.8 Å². The van der Waals surface area contributed by atoms with Gasteiger partial charge in [0.15, 0.2) is 5.96 Å². The van der Waals surface area contributed by atoms with Crippen molar-refractivity contribution in [1.29, 1.82) is 0 Å². The van der Waals surface area contributed by atoms with Crippen LogP contribution in [0.25, 0.3) is 0 Å². The minimum Gasteiger partial charge on any atom is -0.357 e. The van der Waals surface area contributed by atoms with Crippen LogP contribution in [-0.4, -0.2) is 35.4 Å². The van der Waals surface area contributed by atoms with Gasteiger partial charge in [-0.05, 0) is 32.8 Å². The van der Waals surface area contributed by atoms with E-state index < -0.39 is 0 Å². The van der Waals surface area contributed by atoms with Gasteiger partial charge in [-0.3, -0.25) is 9.67 Å². The van der Waals surface area contributed by atoms with Crippen molar-refractivity contribution < 1.29 is 0 Å². The second kappa shape index (κ2) is 10.6. The largest absolute Gasteiger partial charge is 0.357 e. The molecule has 1 aromatic heterocycles. The van der Waals surface area contributed by atoms with Crippen molar-refractivity contribution in [2.45, 2.75) is 34.2 Å². The predicted octanol–water partition coefficient (Wildman–Crippen LogP) is 2.50. The number of hydrogen-bond acceptors (Lipinski definition) is 2. The van der Waals surface area contributed by atoms with Crippen LogP contribution >= 0.6 is 24.0 Å². The van der Waals surface area contributed by atoms with E-state index in [0.29, 0.717) is 5.92 Å². The number of halogens is 1. The number of hydrogen-bond donors (Lipinski definition) is 2. The molecule has 0 aliphatic carbocycles. The van der Waals surface area contributed by atoms with Gasteiger partial charge in [0.1, 0.15) is 0 Å². The normalized spacial score (nSPS) is 12.5. The second-order valence-electron chi connectivity index (χ2n) is 5.10. The first-order valence-electron chi connectivity index (χ1n) is 7.21. The van der Waals surface area contributed by atoms with E-state index >= 15 is 0 Å². The fourth-order valence-electron chi connectivity index (χ4n) is 1.97. The van der Waals surface area contributed by atoms with Gasteiger partial charge < -0.3 is 10.6 Å². The molecule has 0 amide bonds. The molecule has 6 heteroatoms. The molecule has 120 valence electrons. The quantitative estimate of drug-likeness (QED) is 0.317. The molecular weight excluding hydrogens is 377 g/mol. The average molecular weight is 405 g/mol. The first kappa shape index (κ1) is 19.9. The fraction of sp³-hybridized carbons (Fsp3) is 0.600. The summed E-state index contributed by atoms with van der Waals surface area (Å²) in [6.45, 7) is 15.3. The molecule has 0 radical (unpaired) electrons. The number of aryl methyl sites for hydroxylation is 2. The number of guanidine groups is 1. The number of aliphatic imine (C=N–C) groups is 1. The van der Waals surface area contributed by atoms with E-state index in [1.54, 1.807) is 0 Å². The second-order valence-corrected chi connectivity index (χ2v) is 5.10. The predicted molar refractivity (Wildman–Crippen MR) is 100 cm³/mol. The number of aromatic nitrogens is 2. The zero-order valence-corrected chi connectivity index (χ0v) is 15.8. The summed E-state index contributed by atoms with van der Waals surface area (Å²) in [5.41, 5.74) is 2.27. The highest BCUT2D eigenvalue weighted by Crippen LogP contribution is 2.06. The number of nitrogens with zero attached hydrogens (tertiary/aromatic N) is 3. The smallest absolute Gasteiger partial charge is 0.191 e. The van der Waals surface area contributed by atoms with Crippen molar-refractivity contribution in [2.24, 2.45) is 10.9 Å². The van der Waals surface area contributed by atoms with Crippen LogP contribution in [0.3, 0.4) is 0 Å². The summed E-state index contributed by atoms with van der Waals surface area (Å²) in [5.74, 6) is 1.28. The molecule has 1 heterocycles. The van der Waals surface area contributed by atoms with Crippen molar-refractivity contribution in [3.05, 3.63) is 30.1 Å². The minimum atomic E-state index is 0. The highest BCUT2D eigenvalue weighted by atomic mass is 127. The standard InChI is InChI=1S/C15H27N5.HI/c1-6-8-17-15(16-7-2)18-10-12(3)11-20-14(5)9-13(4)19-20;/h6,9,12H,1,7-8,10-11H2,2-5H3,(H2,16,17,18);1H. The van der Waals surface area contributed by atoms with E-state index in [2.05, 4.69) is 58.8 Å². The lowest BCUT2D eigenvalue weighted by Gasteiger charge is -2.13.